The van der Waals surface area contributed by atoms with Crippen LogP contribution in [0.25, 0.3) is 0 Å². The zero-order valence-corrected chi connectivity index (χ0v) is 13.0. The fourth-order valence-electron chi connectivity index (χ4n) is 2.78. The predicted octanol–water partition coefficient (Wildman–Crippen LogP) is -0.931. The molecule has 1 amide bonds. The molecule has 0 aromatic rings. The minimum Gasteiger partial charge on any atom is -0.378 e. The third kappa shape index (κ3) is 4.15. The first-order chi connectivity index (χ1) is 9.58. The molecule has 1 N–H and O–H groups in total. The van der Waals surface area contributed by atoms with Crippen LogP contribution in [0.15, 0.2) is 0 Å². The molecule has 2 fully saturated rings. The lowest BCUT2D eigenvalue weighted by Crippen LogP contribution is -2.56. The maximum absolute atomic E-state index is 12.3. The minimum absolute atomic E-state index is 0.117. The summed E-state index contributed by atoms with van der Waals surface area (Å²) in [5.41, 5.74) is 0. The highest BCUT2D eigenvalue weighted by Crippen LogP contribution is 2.06. The molecule has 0 aromatic carbocycles. The second-order valence-corrected chi connectivity index (χ2v) is 5.96. The van der Waals surface area contributed by atoms with Crippen molar-refractivity contribution in [1.29, 1.82) is 0 Å². The summed E-state index contributed by atoms with van der Waals surface area (Å²) >= 11 is 0. The molecule has 0 spiro atoms. The highest BCUT2D eigenvalue weighted by atomic mass is 16.5. The molecular weight excluding hydrogens is 256 g/mol. The molecule has 2 aliphatic heterocycles. The van der Waals surface area contributed by atoms with Crippen molar-refractivity contribution in [2.24, 2.45) is 0 Å². The summed E-state index contributed by atoms with van der Waals surface area (Å²) in [4.78, 5) is 18.9. The highest BCUT2D eigenvalue weighted by molar-refractivity contribution is 5.81. The molecule has 0 saturated carbocycles. The lowest BCUT2D eigenvalue weighted by molar-refractivity contribution is -0.137. The molecule has 2 heterocycles. The van der Waals surface area contributed by atoms with E-state index in [0.717, 1.165) is 39.3 Å². The van der Waals surface area contributed by atoms with E-state index in [1.54, 1.807) is 0 Å². The van der Waals surface area contributed by atoms with E-state index in [1.807, 2.05) is 11.8 Å². The number of morpholine rings is 1. The van der Waals surface area contributed by atoms with Gasteiger partial charge in [-0.3, -0.25) is 9.69 Å². The first kappa shape index (κ1) is 15.7. The molecule has 0 radical (unpaired) electrons. The number of carbonyl (C=O) groups is 1. The quantitative estimate of drug-likeness (QED) is 0.723. The van der Waals surface area contributed by atoms with Gasteiger partial charge < -0.3 is 19.9 Å². The van der Waals surface area contributed by atoms with Gasteiger partial charge in [-0.2, -0.15) is 0 Å². The van der Waals surface area contributed by atoms with E-state index in [1.165, 1.54) is 0 Å². The Morgan fingerprint density at radius 3 is 2.65 bits per heavy atom. The number of nitrogens with zero attached hydrogens (tertiary/aromatic N) is 3. The summed E-state index contributed by atoms with van der Waals surface area (Å²) in [5, 5.41) is 3.40. The Bertz CT molecular complexity index is 320. The number of nitrogens with one attached hydrogen (secondary N) is 1. The number of hydrogen-bond donors (Lipinski definition) is 1. The molecule has 0 aromatic heterocycles. The largest absolute Gasteiger partial charge is 0.378 e. The summed E-state index contributed by atoms with van der Waals surface area (Å²) in [7, 11) is 4.32. The Hall–Kier alpha value is -0.690. The van der Waals surface area contributed by atoms with Gasteiger partial charge in [0.25, 0.3) is 0 Å². The average Bonchev–Trinajstić information content (AvgIpc) is 2.48. The molecule has 6 heteroatoms. The molecule has 2 aliphatic rings. The Morgan fingerprint density at radius 1 is 1.25 bits per heavy atom. The number of rotatable bonds is 4. The monoisotopic (exact) mass is 284 g/mol. The van der Waals surface area contributed by atoms with Crippen molar-refractivity contribution in [3.8, 4) is 0 Å². The zero-order valence-electron chi connectivity index (χ0n) is 13.0. The second kappa shape index (κ2) is 7.36. The van der Waals surface area contributed by atoms with E-state index < -0.39 is 0 Å². The standard InChI is InChI=1S/C14H28N4O2/c1-12(14(19)18-6-8-20-9-7-18)15-10-13-11-16(2)4-5-17(13)3/h12-13,15H,4-11H2,1-3H3. The van der Waals surface area contributed by atoms with E-state index >= 15 is 0 Å². The van der Waals surface area contributed by atoms with Crippen LogP contribution in [-0.4, -0.2) is 99.3 Å². The summed E-state index contributed by atoms with van der Waals surface area (Å²) < 4.78 is 5.28. The average molecular weight is 284 g/mol. The van der Waals surface area contributed by atoms with Crippen LogP contribution in [0.3, 0.4) is 0 Å². The molecule has 2 rings (SSSR count). The SMILES string of the molecule is CC(NCC1CN(C)CCN1C)C(=O)N1CCOCC1. The zero-order chi connectivity index (χ0) is 14.5. The van der Waals surface area contributed by atoms with E-state index in [9.17, 15) is 4.79 Å². The third-order valence-electron chi connectivity index (χ3n) is 4.33. The topological polar surface area (TPSA) is 48.0 Å². The molecule has 2 atom stereocenters. The Labute approximate surface area is 122 Å². The third-order valence-corrected chi connectivity index (χ3v) is 4.33. The Kier molecular flexibility index (Phi) is 5.77. The van der Waals surface area contributed by atoms with E-state index in [2.05, 4.69) is 29.2 Å². The number of likely N-dealkylation sites (N-methyl/N-ethyl adjacent to an activating group) is 2. The van der Waals surface area contributed by atoms with Crippen molar-refractivity contribution in [2.45, 2.75) is 19.0 Å². The minimum atomic E-state index is -0.117. The Morgan fingerprint density at radius 2 is 1.95 bits per heavy atom. The first-order valence-corrected chi connectivity index (χ1v) is 7.56. The van der Waals surface area contributed by atoms with Crippen molar-refractivity contribution in [1.82, 2.24) is 20.0 Å². The van der Waals surface area contributed by atoms with E-state index in [0.29, 0.717) is 19.3 Å². The number of hydrogen-bond acceptors (Lipinski definition) is 5. The normalized spacial score (nSPS) is 27.6. The van der Waals surface area contributed by atoms with Gasteiger partial charge in [0.1, 0.15) is 0 Å². The summed E-state index contributed by atoms with van der Waals surface area (Å²) in [6.45, 7) is 8.85. The van der Waals surface area contributed by atoms with Crippen molar-refractivity contribution in [3.05, 3.63) is 0 Å². The van der Waals surface area contributed by atoms with Gasteiger partial charge in [-0.05, 0) is 21.0 Å². The van der Waals surface area contributed by atoms with Gasteiger partial charge in [0, 0.05) is 45.3 Å². The van der Waals surface area contributed by atoms with Crippen LogP contribution in [0, 0.1) is 0 Å². The lowest BCUT2D eigenvalue weighted by Gasteiger charge is -2.38. The van der Waals surface area contributed by atoms with Crippen molar-refractivity contribution < 1.29 is 9.53 Å². The van der Waals surface area contributed by atoms with Crippen molar-refractivity contribution in [3.63, 3.8) is 0 Å². The molecule has 20 heavy (non-hydrogen) atoms. The van der Waals surface area contributed by atoms with Crippen molar-refractivity contribution >= 4 is 5.91 Å². The Balaban J connectivity index is 1.75. The number of amides is 1. The smallest absolute Gasteiger partial charge is 0.239 e. The van der Waals surface area contributed by atoms with Crippen LogP contribution in [0.4, 0.5) is 0 Å². The van der Waals surface area contributed by atoms with E-state index in [-0.39, 0.29) is 11.9 Å². The highest BCUT2D eigenvalue weighted by Gasteiger charge is 2.25. The molecule has 0 bridgehead atoms. The van der Waals surface area contributed by atoms with Crippen LogP contribution in [0.2, 0.25) is 0 Å². The number of piperazine rings is 1. The predicted molar refractivity (Wildman–Crippen MR) is 78.8 cm³/mol. The molecule has 116 valence electrons. The van der Waals surface area contributed by atoms with Gasteiger partial charge in [0.15, 0.2) is 0 Å². The van der Waals surface area contributed by atoms with Crippen LogP contribution >= 0.6 is 0 Å². The van der Waals surface area contributed by atoms with Crippen LogP contribution in [0.1, 0.15) is 6.92 Å². The number of carbonyl (C=O) groups excluding carboxylic acids is 1. The fourth-order valence-corrected chi connectivity index (χ4v) is 2.78. The van der Waals surface area contributed by atoms with Gasteiger partial charge >= 0.3 is 0 Å². The molecule has 2 saturated heterocycles. The van der Waals surface area contributed by atoms with Crippen molar-refractivity contribution in [2.75, 3.05) is 66.6 Å². The molecule has 2 unspecified atom stereocenters. The lowest BCUT2D eigenvalue weighted by atomic mass is 10.1. The summed E-state index contributed by atoms with van der Waals surface area (Å²) in [6.07, 6.45) is 0. The fraction of sp³-hybridized carbons (Fsp3) is 0.929. The van der Waals surface area contributed by atoms with Gasteiger partial charge in [0.05, 0.1) is 19.3 Å². The van der Waals surface area contributed by atoms with Gasteiger partial charge in [-0.25, -0.2) is 0 Å². The maximum atomic E-state index is 12.3. The maximum Gasteiger partial charge on any atom is 0.239 e. The molecule has 6 nitrogen and oxygen atoms in total. The van der Waals surface area contributed by atoms with Gasteiger partial charge in [-0.15, -0.1) is 0 Å². The summed E-state index contributed by atoms with van der Waals surface area (Å²) in [5.74, 6) is 0.195. The second-order valence-electron chi connectivity index (χ2n) is 5.96. The summed E-state index contributed by atoms with van der Waals surface area (Å²) in [6, 6.07) is 0.363. The van der Waals surface area contributed by atoms with Gasteiger partial charge in [0.2, 0.25) is 5.91 Å². The van der Waals surface area contributed by atoms with Crippen LogP contribution in [-0.2, 0) is 9.53 Å². The van der Waals surface area contributed by atoms with Crippen LogP contribution in [0.5, 0.6) is 0 Å². The number of ether oxygens (including phenoxy) is 1. The van der Waals surface area contributed by atoms with E-state index in [4.69, 9.17) is 4.74 Å². The molecule has 0 aliphatic carbocycles. The molecular formula is C14H28N4O2. The van der Waals surface area contributed by atoms with Crippen LogP contribution < -0.4 is 5.32 Å². The first-order valence-electron chi connectivity index (χ1n) is 7.56. The van der Waals surface area contributed by atoms with Gasteiger partial charge in [-0.1, -0.05) is 0 Å².